The summed E-state index contributed by atoms with van der Waals surface area (Å²) in [4.78, 5) is 19.3. The van der Waals surface area contributed by atoms with Crippen LogP contribution in [-0.2, 0) is 9.59 Å². The number of hydrogen-bond acceptors (Lipinski definition) is 3. The van der Waals surface area contributed by atoms with Crippen molar-refractivity contribution in [3.8, 4) is 0 Å². The van der Waals surface area contributed by atoms with Crippen molar-refractivity contribution >= 4 is 12.2 Å². The average Bonchev–Trinajstić information content (AvgIpc) is 1.65. The molecule has 0 aromatic rings. The molecule has 1 amide bonds. The number of nitrogens with two attached hydrogens (primary N) is 1. The molecule has 34 valence electrons. The molecule has 0 radical (unpaired) electrons. The first-order chi connectivity index (χ1) is 3.18. The normalized spacial score (nSPS) is 9.17. The predicted octanol–water partition coefficient (Wildman–Crippen LogP) is -1.82. The molecule has 0 saturated heterocycles. The van der Waals surface area contributed by atoms with E-state index < -0.39 is 12.2 Å². The van der Waals surface area contributed by atoms with Gasteiger partial charge in [-0.3, -0.25) is 15.0 Å². The maximum atomic E-state index is 9.74. The zero-order chi connectivity index (χ0) is 5.86. The summed E-state index contributed by atoms with van der Waals surface area (Å²) in [6, 6.07) is 0. The molecule has 0 atom stereocenters. The van der Waals surface area contributed by atoms with Crippen LogP contribution in [0.1, 0.15) is 1.37 Å². The summed E-state index contributed by atoms with van der Waals surface area (Å²) in [5, 5.41) is 0. The molecule has 0 aromatic heterocycles. The van der Waals surface area contributed by atoms with Gasteiger partial charge >= 0.3 is 0 Å². The molecule has 0 spiro atoms. The minimum Gasteiger partial charge on any atom is -0.292 e. The molecule has 4 heteroatoms. The van der Waals surface area contributed by atoms with Crippen LogP contribution in [0.25, 0.3) is 0 Å². The van der Waals surface area contributed by atoms with Crippen LogP contribution >= 0.6 is 0 Å². The Morgan fingerprint density at radius 3 is 2.67 bits per heavy atom. The number of carbonyl (C=O) groups is 2. The van der Waals surface area contributed by atoms with Gasteiger partial charge in [-0.2, -0.15) is 0 Å². The molecule has 0 aromatic carbocycles. The standard InChI is InChI=1S/C2H4N2O2/c3-4-2(6)1-5/h1H,3H2,(H,4,6)/i1D. The van der Waals surface area contributed by atoms with Crippen molar-refractivity contribution in [3.05, 3.63) is 0 Å². The largest absolute Gasteiger partial charge is 0.297 e. The molecule has 0 rings (SSSR count). The first-order valence-electron chi connectivity index (χ1n) is 1.70. The molecular formula is C2H4N2O2. The van der Waals surface area contributed by atoms with Gasteiger partial charge in [-0.05, 0) is 0 Å². The molecule has 0 aliphatic carbocycles. The average molecular weight is 89.1 g/mol. The van der Waals surface area contributed by atoms with Crippen LogP contribution in [0.2, 0.25) is 0 Å². The fraction of sp³-hybridized carbons (Fsp3) is 0. The molecule has 3 N–H and O–H groups in total. The Labute approximate surface area is 35.7 Å². The molecule has 0 aliphatic heterocycles. The highest BCUT2D eigenvalue weighted by Gasteiger charge is 1.85. The Hall–Kier alpha value is -0.900. The second kappa shape index (κ2) is 2.34. The van der Waals surface area contributed by atoms with Gasteiger partial charge in [0.2, 0.25) is 6.26 Å². The number of hydrogen-bond donors (Lipinski definition) is 2. The van der Waals surface area contributed by atoms with Gasteiger partial charge in [-0.1, -0.05) is 0 Å². The van der Waals surface area contributed by atoms with E-state index in [1.807, 2.05) is 0 Å². The third-order valence-corrected chi connectivity index (χ3v) is 0.224. The van der Waals surface area contributed by atoms with Gasteiger partial charge in [0, 0.05) is 0 Å². The van der Waals surface area contributed by atoms with Crippen LogP contribution in [0.3, 0.4) is 0 Å². The van der Waals surface area contributed by atoms with E-state index >= 15 is 0 Å². The Bertz CT molecular complexity index is 102. The maximum Gasteiger partial charge on any atom is 0.297 e. The molecule has 0 saturated carbocycles. The Morgan fingerprint density at radius 2 is 2.67 bits per heavy atom. The monoisotopic (exact) mass is 89.0 g/mol. The molecule has 6 heavy (non-hydrogen) atoms. The first-order valence-corrected chi connectivity index (χ1v) is 1.20. The molecule has 0 unspecified atom stereocenters. The van der Waals surface area contributed by atoms with Crippen LogP contribution in [0.4, 0.5) is 0 Å². The number of rotatable bonds is 1. The van der Waals surface area contributed by atoms with E-state index in [4.69, 9.17) is 1.37 Å². The van der Waals surface area contributed by atoms with Gasteiger partial charge in [-0.25, -0.2) is 5.84 Å². The van der Waals surface area contributed by atoms with Gasteiger partial charge in [0.05, 0.1) is 0 Å². The minimum absolute atomic E-state index is 1.10. The highest BCUT2D eigenvalue weighted by atomic mass is 16.2. The molecule has 0 bridgehead atoms. The van der Waals surface area contributed by atoms with Crippen LogP contribution in [0.5, 0.6) is 0 Å². The van der Waals surface area contributed by atoms with Gasteiger partial charge < -0.3 is 0 Å². The minimum atomic E-state index is -1.33. The summed E-state index contributed by atoms with van der Waals surface area (Å²) in [7, 11) is 0. The summed E-state index contributed by atoms with van der Waals surface area (Å²) >= 11 is 0. The van der Waals surface area contributed by atoms with Crippen molar-refractivity contribution in [3.63, 3.8) is 0 Å². The number of hydrazine groups is 1. The van der Waals surface area contributed by atoms with Crippen LogP contribution in [-0.4, -0.2) is 12.2 Å². The molecule has 0 fully saturated rings. The lowest BCUT2D eigenvalue weighted by Gasteiger charge is -1.79. The fourth-order valence-corrected chi connectivity index (χ4v) is 0.0295. The van der Waals surface area contributed by atoms with E-state index in [0.29, 0.717) is 0 Å². The van der Waals surface area contributed by atoms with E-state index in [0.717, 1.165) is 0 Å². The summed E-state index contributed by atoms with van der Waals surface area (Å²) in [5.74, 6) is 3.34. The topological polar surface area (TPSA) is 72.2 Å². The van der Waals surface area contributed by atoms with Crippen LogP contribution in [0, 0.1) is 0 Å². The third-order valence-electron chi connectivity index (χ3n) is 0.224. The molecule has 0 aliphatic rings. The van der Waals surface area contributed by atoms with E-state index in [2.05, 4.69) is 5.84 Å². The van der Waals surface area contributed by atoms with Gasteiger partial charge in [0.15, 0.2) is 0 Å². The SMILES string of the molecule is [2H]C(=O)C(=O)NN. The van der Waals surface area contributed by atoms with Gasteiger partial charge in [-0.15, -0.1) is 0 Å². The number of aldehydes is 1. The molecular weight excluding hydrogens is 84.0 g/mol. The highest BCUT2D eigenvalue weighted by Crippen LogP contribution is 1.39. The third kappa shape index (κ3) is 1.42. The summed E-state index contributed by atoms with van der Waals surface area (Å²) < 4.78 is 6.05. The smallest absolute Gasteiger partial charge is 0.292 e. The van der Waals surface area contributed by atoms with Crippen molar-refractivity contribution in [1.82, 2.24) is 5.43 Å². The zero-order valence-corrected chi connectivity index (χ0v) is 2.89. The summed E-state index contributed by atoms with van der Waals surface area (Å²) in [5.41, 5.74) is 1.49. The van der Waals surface area contributed by atoms with Crippen LogP contribution in [0.15, 0.2) is 0 Å². The first kappa shape index (κ1) is 3.30. The Kier molecular flexibility index (Phi) is 1.29. The van der Waals surface area contributed by atoms with Crippen molar-refractivity contribution in [1.29, 1.82) is 0 Å². The van der Waals surface area contributed by atoms with Gasteiger partial charge in [0.25, 0.3) is 5.91 Å². The van der Waals surface area contributed by atoms with Crippen molar-refractivity contribution in [2.75, 3.05) is 0 Å². The zero-order valence-electron chi connectivity index (χ0n) is 3.89. The van der Waals surface area contributed by atoms with E-state index in [-0.39, 0.29) is 0 Å². The lowest BCUT2D eigenvalue weighted by Crippen LogP contribution is -2.30. The lowest BCUT2D eigenvalue weighted by atomic mass is 10.7. The van der Waals surface area contributed by atoms with Crippen molar-refractivity contribution in [2.45, 2.75) is 0 Å². The van der Waals surface area contributed by atoms with Gasteiger partial charge in [0.1, 0.15) is 1.37 Å². The van der Waals surface area contributed by atoms with E-state index in [1.54, 1.807) is 0 Å². The predicted molar refractivity (Wildman–Crippen MR) is 18.4 cm³/mol. The highest BCUT2D eigenvalue weighted by molar-refractivity contribution is 6.23. The second-order valence-electron chi connectivity index (χ2n) is 0.576. The summed E-state index contributed by atoms with van der Waals surface area (Å²) in [6.07, 6.45) is -1.33. The Balaban J connectivity index is 3.58. The van der Waals surface area contributed by atoms with E-state index in [1.165, 1.54) is 5.43 Å². The number of nitrogens with one attached hydrogen (secondary N) is 1. The lowest BCUT2D eigenvalue weighted by molar-refractivity contribution is -0.131. The fourth-order valence-electron chi connectivity index (χ4n) is 0.0295. The number of carbonyl (C=O) groups excluding carboxylic acids is 2. The molecule has 4 nitrogen and oxygen atoms in total. The summed E-state index contributed by atoms with van der Waals surface area (Å²) in [6.45, 7) is 0. The van der Waals surface area contributed by atoms with Crippen molar-refractivity contribution in [2.24, 2.45) is 5.84 Å². The molecule has 0 heterocycles. The Morgan fingerprint density at radius 1 is 2.17 bits per heavy atom. The van der Waals surface area contributed by atoms with Crippen molar-refractivity contribution < 1.29 is 11.0 Å². The quantitative estimate of drug-likeness (QED) is 0.130. The van der Waals surface area contributed by atoms with E-state index in [9.17, 15) is 9.59 Å². The maximum absolute atomic E-state index is 9.74. The number of amides is 1. The van der Waals surface area contributed by atoms with Crippen LogP contribution < -0.4 is 11.3 Å². The second-order valence-corrected chi connectivity index (χ2v) is 0.576.